The summed E-state index contributed by atoms with van der Waals surface area (Å²) in [5.74, 6) is -0.776. The number of benzene rings is 1. The van der Waals surface area contributed by atoms with Crippen LogP contribution in [0.1, 0.15) is 25.3 Å². The molecule has 0 heterocycles. The summed E-state index contributed by atoms with van der Waals surface area (Å²) in [7, 11) is -3.95. The van der Waals surface area contributed by atoms with Gasteiger partial charge in [-0.3, -0.25) is 0 Å². The predicted octanol–water partition coefficient (Wildman–Crippen LogP) is 1.40. The molecule has 0 radical (unpaired) electrons. The van der Waals surface area contributed by atoms with Crippen molar-refractivity contribution in [3.8, 4) is 0 Å². The van der Waals surface area contributed by atoms with E-state index in [1.165, 1.54) is 13.0 Å². The first-order chi connectivity index (χ1) is 9.31. The van der Waals surface area contributed by atoms with Crippen LogP contribution in [0.15, 0.2) is 17.0 Å². The fourth-order valence-electron chi connectivity index (χ4n) is 1.90. The zero-order valence-electron chi connectivity index (χ0n) is 11.7. The highest BCUT2D eigenvalue weighted by atomic mass is 32.2. The van der Waals surface area contributed by atoms with Crippen LogP contribution in [0.3, 0.4) is 0 Å². The number of hydrogen-bond donors (Lipinski definition) is 3. The normalized spacial score (nSPS) is 13.4. The van der Waals surface area contributed by atoms with E-state index in [4.69, 9.17) is 10.8 Å². The van der Waals surface area contributed by atoms with Gasteiger partial charge in [-0.1, -0.05) is 13.3 Å². The third kappa shape index (κ3) is 4.16. The zero-order chi connectivity index (χ0) is 15.3. The lowest BCUT2D eigenvalue weighted by Gasteiger charge is -2.15. The average Bonchev–Trinajstić information content (AvgIpc) is 2.38. The monoisotopic (exact) mass is 304 g/mol. The Morgan fingerprint density at radius 2 is 2.10 bits per heavy atom. The van der Waals surface area contributed by atoms with Gasteiger partial charge in [0.25, 0.3) is 0 Å². The average molecular weight is 304 g/mol. The number of hydrogen-bond acceptors (Lipinski definition) is 4. The number of aliphatic hydroxyl groups excluding tert-OH is 1. The smallest absolute Gasteiger partial charge is 0.243 e. The van der Waals surface area contributed by atoms with Gasteiger partial charge in [0.15, 0.2) is 0 Å². The molecule has 0 amide bonds. The van der Waals surface area contributed by atoms with Crippen molar-refractivity contribution in [3.05, 3.63) is 23.5 Å². The van der Waals surface area contributed by atoms with E-state index in [1.54, 1.807) is 0 Å². The Bertz CT molecular complexity index is 561. The molecule has 1 atom stereocenters. The van der Waals surface area contributed by atoms with Crippen molar-refractivity contribution in [2.24, 2.45) is 5.92 Å². The van der Waals surface area contributed by atoms with Gasteiger partial charge in [-0.15, -0.1) is 0 Å². The number of sulfonamides is 1. The molecular weight excluding hydrogens is 283 g/mol. The number of aliphatic hydroxyl groups is 1. The molecule has 0 saturated carbocycles. The van der Waals surface area contributed by atoms with E-state index in [-0.39, 0.29) is 30.3 Å². The molecule has 1 rings (SSSR count). The minimum absolute atomic E-state index is 0.00795. The summed E-state index contributed by atoms with van der Waals surface area (Å²) in [6.45, 7) is 3.52. The number of nitrogens with one attached hydrogen (secondary N) is 1. The molecule has 0 spiro atoms. The number of nitrogens with two attached hydrogens (primary N) is 1. The zero-order valence-corrected chi connectivity index (χ0v) is 12.5. The van der Waals surface area contributed by atoms with Crippen molar-refractivity contribution in [1.82, 2.24) is 4.72 Å². The van der Waals surface area contributed by atoms with E-state index in [0.29, 0.717) is 6.42 Å². The summed E-state index contributed by atoms with van der Waals surface area (Å²) in [4.78, 5) is -0.436. The van der Waals surface area contributed by atoms with Gasteiger partial charge in [0.2, 0.25) is 10.0 Å². The molecule has 0 fully saturated rings. The second-order valence-electron chi connectivity index (χ2n) is 4.79. The van der Waals surface area contributed by atoms with Crippen LogP contribution in [0.5, 0.6) is 0 Å². The molecule has 0 aliphatic heterocycles. The third-order valence-corrected chi connectivity index (χ3v) is 4.63. The Balaban J connectivity index is 2.94. The summed E-state index contributed by atoms with van der Waals surface area (Å²) in [5, 5.41) is 8.88. The Kier molecular flexibility index (Phi) is 5.91. The van der Waals surface area contributed by atoms with Gasteiger partial charge in [-0.25, -0.2) is 17.5 Å². The fraction of sp³-hybridized carbons (Fsp3) is 0.538. The number of nitrogen functional groups attached to an aromatic ring is 1. The van der Waals surface area contributed by atoms with Crippen molar-refractivity contribution in [2.75, 3.05) is 18.9 Å². The maximum atomic E-state index is 13.9. The second kappa shape index (κ2) is 7.01. The molecule has 1 aromatic carbocycles. The molecule has 0 saturated heterocycles. The molecule has 114 valence electrons. The van der Waals surface area contributed by atoms with Crippen LogP contribution in [0.4, 0.5) is 10.1 Å². The van der Waals surface area contributed by atoms with E-state index in [1.807, 2.05) is 6.92 Å². The van der Waals surface area contributed by atoms with Crippen LogP contribution in [0, 0.1) is 18.7 Å². The maximum absolute atomic E-state index is 13.9. The molecule has 0 aromatic heterocycles. The first-order valence-corrected chi connectivity index (χ1v) is 7.96. The summed E-state index contributed by atoms with van der Waals surface area (Å²) >= 11 is 0. The quantitative estimate of drug-likeness (QED) is 0.664. The van der Waals surface area contributed by atoms with Crippen LogP contribution in [-0.4, -0.2) is 26.7 Å². The molecule has 0 aliphatic carbocycles. The van der Waals surface area contributed by atoms with Gasteiger partial charge in [-0.2, -0.15) is 0 Å². The van der Waals surface area contributed by atoms with Crippen LogP contribution < -0.4 is 10.5 Å². The maximum Gasteiger partial charge on any atom is 0.243 e. The summed E-state index contributed by atoms with van der Waals surface area (Å²) < 4.78 is 40.5. The van der Waals surface area contributed by atoms with E-state index in [2.05, 4.69) is 4.72 Å². The molecule has 1 aromatic rings. The lowest BCUT2D eigenvalue weighted by Crippen LogP contribution is -2.30. The Hall–Kier alpha value is -1.18. The predicted molar refractivity (Wildman–Crippen MR) is 76.2 cm³/mol. The third-order valence-electron chi connectivity index (χ3n) is 3.21. The standard InChI is InChI=1S/C13H21FN2O3S/c1-3-10(4-5-17)8-16-20(18,19)12-7-11(15)6-9(2)13(12)14/h6-7,10,16-17H,3-5,8,15H2,1-2H3. The number of rotatable bonds is 7. The fourth-order valence-corrected chi connectivity index (χ4v) is 3.20. The van der Waals surface area contributed by atoms with Crippen molar-refractivity contribution < 1.29 is 17.9 Å². The van der Waals surface area contributed by atoms with Crippen molar-refractivity contribution in [1.29, 1.82) is 0 Å². The van der Waals surface area contributed by atoms with E-state index in [9.17, 15) is 12.8 Å². The lowest BCUT2D eigenvalue weighted by molar-refractivity contribution is 0.254. The van der Waals surface area contributed by atoms with E-state index < -0.39 is 20.7 Å². The highest BCUT2D eigenvalue weighted by molar-refractivity contribution is 7.89. The number of anilines is 1. The summed E-state index contributed by atoms with van der Waals surface area (Å²) in [6.07, 6.45) is 1.22. The van der Waals surface area contributed by atoms with Gasteiger partial charge < -0.3 is 10.8 Å². The van der Waals surface area contributed by atoms with Gasteiger partial charge in [0, 0.05) is 18.8 Å². The first-order valence-electron chi connectivity index (χ1n) is 6.48. The lowest BCUT2D eigenvalue weighted by atomic mass is 10.0. The van der Waals surface area contributed by atoms with Gasteiger partial charge in [0.1, 0.15) is 10.7 Å². The molecule has 0 aliphatic rings. The molecular formula is C13H21FN2O3S. The molecule has 20 heavy (non-hydrogen) atoms. The van der Waals surface area contributed by atoms with E-state index >= 15 is 0 Å². The molecule has 5 nitrogen and oxygen atoms in total. The Morgan fingerprint density at radius 1 is 1.45 bits per heavy atom. The number of halogens is 1. The minimum atomic E-state index is -3.95. The topological polar surface area (TPSA) is 92.4 Å². The van der Waals surface area contributed by atoms with Gasteiger partial charge >= 0.3 is 0 Å². The summed E-state index contributed by atoms with van der Waals surface area (Å²) in [5.41, 5.74) is 5.95. The number of aryl methyl sites for hydroxylation is 1. The van der Waals surface area contributed by atoms with Crippen molar-refractivity contribution in [2.45, 2.75) is 31.6 Å². The van der Waals surface area contributed by atoms with Crippen LogP contribution >= 0.6 is 0 Å². The molecule has 7 heteroatoms. The van der Waals surface area contributed by atoms with Crippen molar-refractivity contribution >= 4 is 15.7 Å². The van der Waals surface area contributed by atoms with E-state index in [0.717, 1.165) is 12.5 Å². The van der Waals surface area contributed by atoms with Crippen molar-refractivity contribution in [3.63, 3.8) is 0 Å². The second-order valence-corrected chi connectivity index (χ2v) is 6.52. The Labute approximate surface area is 119 Å². The summed E-state index contributed by atoms with van der Waals surface area (Å²) in [6, 6.07) is 2.49. The molecule has 4 N–H and O–H groups in total. The highest BCUT2D eigenvalue weighted by Gasteiger charge is 2.22. The highest BCUT2D eigenvalue weighted by Crippen LogP contribution is 2.21. The minimum Gasteiger partial charge on any atom is -0.399 e. The van der Waals surface area contributed by atoms with Crippen LogP contribution in [0.2, 0.25) is 0 Å². The van der Waals surface area contributed by atoms with Gasteiger partial charge in [0.05, 0.1) is 0 Å². The molecule has 0 bridgehead atoms. The first kappa shape index (κ1) is 16.9. The van der Waals surface area contributed by atoms with Gasteiger partial charge in [-0.05, 0) is 37.0 Å². The SMILES string of the molecule is CCC(CCO)CNS(=O)(=O)c1cc(N)cc(C)c1F. The molecule has 1 unspecified atom stereocenters. The largest absolute Gasteiger partial charge is 0.399 e. The van der Waals surface area contributed by atoms with Crippen LogP contribution in [-0.2, 0) is 10.0 Å². The Morgan fingerprint density at radius 3 is 2.65 bits per heavy atom. The van der Waals surface area contributed by atoms with Crippen LogP contribution in [0.25, 0.3) is 0 Å².